The highest BCUT2D eigenvalue weighted by molar-refractivity contribution is 7.92. The van der Waals surface area contributed by atoms with Gasteiger partial charge in [-0.2, -0.15) is 0 Å². The van der Waals surface area contributed by atoms with Gasteiger partial charge in [-0.25, -0.2) is 8.42 Å². The molecule has 2 rings (SSSR count). The molecule has 2 aromatic rings. The van der Waals surface area contributed by atoms with Crippen LogP contribution in [0.4, 0.5) is 11.4 Å². The van der Waals surface area contributed by atoms with Crippen LogP contribution in [0.2, 0.25) is 5.02 Å². The minimum atomic E-state index is -3.70. The normalized spacial score (nSPS) is 12.4. The maximum absolute atomic E-state index is 13.0. The molecule has 28 heavy (non-hydrogen) atoms. The van der Waals surface area contributed by atoms with E-state index in [9.17, 15) is 13.2 Å². The van der Waals surface area contributed by atoms with Gasteiger partial charge in [-0.1, -0.05) is 24.6 Å². The average Bonchev–Trinajstić information content (AvgIpc) is 2.61. The summed E-state index contributed by atoms with van der Waals surface area (Å²) in [6.07, 6.45) is 1.38. The molecule has 0 aromatic heterocycles. The van der Waals surface area contributed by atoms with Crippen molar-refractivity contribution in [3.05, 3.63) is 52.5 Å². The lowest BCUT2D eigenvalue weighted by atomic mass is 10.1. The molecule has 0 aliphatic carbocycles. The monoisotopic (exact) mass is 424 g/mol. The fourth-order valence-corrected chi connectivity index (χ4v) is 4.29. The summed E-state index contributed by atoms with van der Waals surface area (Å²) >= 11 is 6.02. The third-order valence-corrected chi connectivity index (χ3v) is 5.91. The van der Waals surface area contributed by atoms with Crippen LogP contribution in [0.3, 0.4) is 0 Å². The molecular weight excluding hydrogens is 400 g/mol. The van der Waals surface area contributed by atoms with Gasteiger partial charge in [-0.15, -0.1) is 0 Å². The summed E-state index contributed by atoms with van der Waals surface area (Å²) in [4.78, 5) is 13.0. The number of halogens is 1. The number of ether oxygens (including phenoxy) is 1. The van der Waals surface area contributed by atoms with Crippen LogP contribution in [0.5, 0.6) is 5.75 Å². The molecule has 1 N–H and O–H groups in total. The molecule has 1 atom stereocenters. The van der Waals surface area contributed by atoms with E-state index in [2.05, 4.69) is 5.32 Å². The fraction of sp³-hybridized carbons (Fsp3) is 0.350. The Hall–Kier alpha value is -2.25. The van der Waals surface area contributed by atoms with Crippen molar-refractivity contribution in [3.63, 3.8) is 0 Å². The summed E-state index contributed by atoms with van der Waals surface area (Å²) < 4.78 is 31.5. The van der Waals surface area contributed by atoms with Crippen LogP contribution in [-0.4, -0.2) is 33.7 Å². The highest BCUT2D eigenvalue weighted by Gasteiger charge is 2.32. The minimum absolute atomic E-state index is 0.286. The van der Waals surface area contributed by atoms with Crippen LogP contribution in [0.25, 0.3) is 0 Å². The zero-order valence-electron chi connectivity index (χ0n) is 16.6. The Balaban J connectivity index is 2.45. The largest absolute Gasteiger partial charge is 0.495 e. The molecule has 0 radical (unpaired) electrons. The predicted molar refractivity (Wildman–Crippen MR) is 114 cm³/mol. The lowest BCUT2D eigenvalue weighted by molar-refractivity contribution is -0.117. The number of sulfonamides is 1. The van der Waals surface area contributed by atoms with Crippen molar-refractivity contribution in [2.75, 3.05) is 23.0 Å². The average molecular weight is 425 g/mol. The molecule has 0 aliphatic heterocycles. The molecule has 0 bridgehead atoms. The molecule has 1 amide bonds. The van der Waals surface area contributed by atoms with Crippen molar-refractivity contribution >= 4 is 38.9 Å². The summed E-state index contributed by atoms with van der Waals surface area (Å²) in [7, 11) is -2.22. The molecule has 2 aromatic carbocycles. The number of benzene rings is 2. The molecule has 6 nitrogen and oxygen atoms in total. The first kappa shape index (κ1) is 22.0. The number of aryl methyl sites for hydroxylation is 2. The zero-order chi connectivity index (χ0) is 21.1. The van der Waals surface area contributed by atoms with Crippen LogP contribution >= 0.6 is 11.6 Å². The summed E-state index contributed by atoms with van der Waals surface area (Å²) in [5, 5.41) is 3.18. The Morgan fingerprint density at radius 1 is 1.18 bits per heavy atom. The summed E-state index contributed by atoms with van der Waals surface area (Å²) in [6, 6.07) is 9.23. The second-order valence-electron chi connectivity index (χ2n) is 6.59. The Morgan fingerprint density at radius 2 is 1.86 bits per heavy atom. The van der Waals surface area contributed by atoms with E-state index in [1.54, 1.807) is 37.3 Å². The molecule has 0 fully saturated rings. The number of amides is 1. The molecule has 0 heterocycles. The first-order valence-electron chi connectivity index (χ1n) is 8.79. The first-order valence-corrected chi connectivity index (χ1v) is 11.0. The van der Waals surface area contributed by atoms with Crippen LogP contribution in [0.1, 0.15) is 24.5 Å². The van der Waals surface area contributed by atoms with E-state index in [1.165, 1.54) is 7.11 Å². The number of nitrogens with one attached hydrogen (secondary N) is 1. The topological polar surface area (TPSA) is 75.7 Å². The van der Waals surface area contributed by atoms with E-state index in [1.807, 2.05) is 19.9 Å². The molecule has 0 spiro atoms. The molecule has 0 saturated carbocycles. The number of hydrogen-bond donors (Lipinski definition) is 1. The van der Waals surface area contributed by atoms with E-state index in [4.69, 9.17) is 16.3 Å². The second-order valence-corrected chi connectivity index (χ2v) is 8.88. The smallest absolute Gasteiger partial charge is 0.248 e. The SMILES string of the molecule is CC[C@H](C(=O)Nc1cc(Cl)ccc1OC)N(c1ccc(C)c(C)c1)S(C)(=O)=O. The Morgan fingerprint density at radius 3 is 2.39 bits per heavy atom. The number of nitrogens with zero attached hydrogens (tertiary/aromatic N) is 1. The first-order chi connectivity index (χ1) is 13.1. The van der Waals surface area contributed by atoms with Crippen molar-refractivity contribution in [1.82, 2.24) is 0 Å². The van der Waals surface area contributed by atoms with Crippen LogP contribution < -0.4 is 14.4 Å². The van der Waals surface area contributed by atoms with Crippen molar-refractivity contribution in [2.24, 2.45) is 0 Å². The molecule has 0 unspecified atom stereocenters. The summed E-state index contributed by atoms with van der Waals surface area (Å²) in [5.74, 6) is -0.0311. The van der Waals surface area contributed by atoms with Crippen LogP contribution in [0, 0.1) is 13.8 Å². The van der Waals surface area contributed by atoms with Gasteiger partial charge in [-0.3, -0.25) is 9.10 Å². The van der Waals surface area contributed by atoms with Gasteiger partial charge in [-0.05, 0) is 61.7 Å². The van der Waals surface area contributed by atoms with Crippen molar-refractivity contribution in [1.29, 1.82) is 0 Å². The molecule has 0 aliphatic rings. The lowest BCUT2D eigenvalue weighted by Gasteiger charge is -2.30. The van der Waals surface area contributed by atoms with Gasteiger partial charge in [0.1, 0.15) is 11.8 Å². The van der Waals surface area contributed by atoms with E-state index < -0.39 is 22.0 Å². The highest BCUT2D eigenvalue weighted by Crippen LogP contribution is 2.30. The number of carbonyl (C=O) groups excluding carboxylic acids is 1. The number of carbonyl (C=O) groups is 1. The lowest BCUT2D eigenvalue weighted by Crippen LogP contribution is -2.47. The number of methoxy groups -OCH3 is 1. The van der Waals surface area contributed by atoms with Gasteiger partial charge in [0.15, 0.2) is 0 Å². The second kappa shape index (κ2) is 8.84. The third kappa shape index (κ3) is 4.97. The van der Waals surface area contributed by atoms with E-state index in [0.717, 1.165) is 21.7 Å². The number of hydrogen-bond acceptors (Lipinski definition) is 4. The van der Waals surface area contributed by atoms with Gasteiger partial charge in [0.25, 0.3) is 0 Å². The van der Waals surface area contributed by atoms with E-state index >= 15 is 0 Å². The van der Waals surface area contributed by atoms with Gasteiger partial charge in [0.2, 0.25) is 15.9 Å². The molecule has 8 heteroatoms. The molecule has 152 valence electrons. The minimum Gasteiger partial charge on any atom is -0.495 e. The van der Waals surface area contributed by atoms with Crippen LogP contribution in [0.15, 0.2) is 36.4 Å². The fourth-order valence-electron chi connectivity index (χ4n) is 2.92. The van der Waals surface area contributed by atoms with Gasteiger partial charge in [0.05, 0.1) is 24.7 Å². The van der Waals surface area contributed by atoms with E-state index in [0.29, 0.717) is 22.1 Å². The standard InChI is InChI=1S/C20H25ClN2O4S/c1-6-18(20(24)22-17-12-15(21)8-10-19(17)27-4)23(28(5,25)26)16-9-7-13(2)14(3)11-16/h7-12,18H,6H2,1-5H3,(H,22,24)/t18-/m1/s1. The summed E-state index contributed by atoms with van der Waals surface area (Å²) in [6.45, 7) is 5.61. The van der Waals surface area contributed by atoms with E-state index in [-0.39, 0.29) is 6.42 Å². The Kier molecular flexibility index (Phi) is 6.96. The highest BCUT2D eigenvalue weighted by atomic mass is 35.5. The predicted octanol–water partition coefficient (Wildman–Crippen LogP) is 4.15. The third-order valence-electron chi connectivity index (χ3n) is 4.49. The molecule has 0 saturated heterocycles. The maximum atomic E-state index is 13.0. The maximum Gasteiger partial charge on any atom is 0.248 e. The Bertz CT molecular complexity index is 976. The molecular formula is C20H25ClN2O4S. The van der Waals surface area contributed by atoms with Crippen LogP contribution in [-0.2, 0) is 14.8 Å². The summed E-state index contributed by atoms with van der Waals surface area (Å²) in [5.41, 5.74) is 2.81. The Labute approximate surface area is 171 Å². The van der Waals surface area contributed by atoms with Crippen molar-refractivity contribution in [2.45, 2.75) is 33.2 Å². The van der Waals surface area contributed by atoms with Gasteiger partial charge < -0.3 is 10.1 Å². The van der Waals surface area contributed by atoms with Crippen molar-refractivity contribution < 1.29 is 17.9 Å². The number of anilines is 2. The van der Waals surface area contributed by atoms with Crippen molar-refractivity contribution in [3.8, 4) is 5.75 Å². The quantitative estimate of drug-likeness (QED) is 0.724. The number of rotatable bonds is 7. The van der Waals surface area contributed by atoms with Gasteiger partial charge >= 0.3 is 0 Å². The zero-order valence-corrected chi connectivity index (χ0v) is 18.2. The van der Waals surface area contributed by atoms with Gasteiger partial charge in [0, 0.05) is 5.02 Å².